The zero-order valence-corrected chi connectivity index (χ0v) is 13.7. The molecular weight excluding hydrogens is 311 g/mol. The fourth-order valence-corrected chi connectivity index (χ4v) is 3.52. The van der Waals surface area contributed by atoms with Gasteiger partial charge in [0, 0.05) is 18.4 Å². The van der Waals surface area contributed by atoms with Gasteiger partial charge in [0.05, 0.1) is 20.1 Å². The number of hydrogen-bond donors (Lipinski definition) is 0. The van der Waals surface area contributed by atoms with Gasteiger partial charge in [0.2, 0.25) is 0 Å². The van der Waals surface area contributed by atoms with Crippen LogP contribution in [0.2, 0.25) is 0 Å². The summed E-state index contributed by atoms with van der Waals surface area (Å²) >= 11 is 0. The summed E-state index contributed by atoms with van der Waals surface area (Å²) in [5, 5.41) is 0. The zero-order chi connectivity index (χ0) is 17.2. The van der Waals surface area contributed by atoms with Gasteiger partial charge in [-0.1, -0.05) is 48.5 Å². The highest BCUT2D eigenvalue weighted by Crippen LogP contribution is 2.44. The molecular formula is C20H21F3N+. The van der Waals surface area contributed by atoms with E-state index in [-0.39, 0.29) is 12.0 Å². The minimum Gasteiger partial charge on any atom is -0.292 e. The number of hydrogen-bond acceptors (Lipinski definition) is 0. The Balaban J connectivity index is 1.95. The van der Waals surface area contributed by atoms with Crippen molar-refractivity contribution in [2.75, 3.05) is 20.1 Å². The van der Waals surface area contributed by atoms with Crippen molar-refractivity contribution in [1.82, 2.24) is 0 Å². The molecule has 1 aliphatic rings. The molecule has 0 saturated heterocycles. The monoisotopic (exact) mass is 332 g/mol. The first-order valence-electron chi connectivity index (χ1n) is 8.15. The highest BCUT2D eigenvalue weighted by molar-refractivity contribution is 5.65. The van der Waals surface area contributed by atoms with Crippen molar-refractivity contribution in [3.63, 3.8) is 0 Å². The summed E-state index contributed by atoms with van der Waals surface area (Å²) in [6.07, 6.45) is -3.42. The molecule has 0 saturated carbocycles. The summed E-state index contributed by atoms with van der Waals surface area (Å²) in [6, 6.07) is 18.9. The topological polar surface area (TPSA) is 0 Å². The number of rotatable bonds is 4. The van der Waals surface area contributed by atoms with Gasteiger partial charge >= 0.3 is 6.18 Å². The second kappa shape index (κ2) is 6.44. The zero-order valence-electron chi connectivity index (χ0n) is 13.7. The molecule has 0 radical (unpaired) electrons. The van der Waals surface area contributed by atoms with Crippen molar-refractivity contribution in [1.29, 1.82) is 0 Å². The van der Waals surface area contributed by atoms with Crippen molar-refractivity contribution < 1.29 is 17.7 Å². The second-order valence-corrected chi connectivity index (χ2v) is 6.52. The number of alkyl halides is 3. The highest BCUT2D eigenvalue weighted by atomic mass is 19.4. The lowest BCUT2D eigenvalue weighted by Crippen LogP contribution is -2.41. The van der Waals surface area contributed by atoms with E-state index in [0.717, 1.165) is 12.0 Å². The standard InChI is InChI=1S/C20H21F3N/c1-24(14-12-16-8-4-2-5-9-16)15-13-18(20(21,22)23)19(24)17-10-6-3-7-11-17/h2-11H,12-15H2,1H3/q+1. The number of quaternary nitrogens is 1. The first-order valence-corrected chi connectivity index (χ1v) is 8.15. The maximum Gasteiger partial charge on any atom is 0.418 e. The number of halogens is 3. The molecule has 2 aromatic rings. The van der Waals surface area contributed by atoms with Crippen molar-refractivity contribution >= 4 is 5.70 Å². The number of likely N-dealkylation sites (N-methyl/N-ethyl adjacent to an activating group) is 1. The van der Waals surface area contributed by atoms with E-state index in [4.69, 9.17) is 0 Å². The summed E-state index contributed by atoms with van der Waals surface area (Å²) in [4.78, 5) is 0. The highest BCUT2D eigenvalue weighted by Gasteiger charge is 2.48. The Hall–Kier alpha value is -2.07. The predicted octanol–water partition coefficient (Wildman–Crippen LogP) is 5.05. The Morgan fingerprint density at radius 3 is 2.08 bits per heavy atom. The molecule has 0 N–H and O–H groups in total. The summed E-state index contributed by atoms with van der Waals surface area (Å²) in [5.74, 6) is 0. The summed E-state index contributed by atoms with van der Waals surface area (Å²) in [6.45, 7) is 1.15. The molecule has 126 valence electrons. The van der Waals surface area contributed by atoms with Crippen LogP contribution in [0, 0.1) is 0 Å². The Morgan fingerprint density at radius 2 is 1.50 bits per heavy atom. The van der Waals surface area contributed by atoms with Gasteiger partial charge in [-0.15, -0.1) is 0 Å². The number of benzene rings is 2. The van der Waals surface area contributed by atoms with Crippen LogP contribution in [0.4, 0.5) is 13.2 Å². The van der Waals surface area contributed by atoms with Crippen LogP contribution in [0.1, 0.15) is 17.5 Å². The van der Waals surface area contributed by atoms with Crippen LogP contribution in [-0.4, -0.2) is 30.8 Å². The lowest BCUT2D eigenvalue weighted by Gasteiger charge is -2.32. The summed E-state index contributed by atoms with van der Waals surface area (Å²) in [7, 11) is 1.92. The Kier molecular flexibility index (Phi) is 4.50. The van der Waals surface area contributed by atoms with Gasteiger partial charge in [-0.05, 0) is 17.7 Å². The molecule has 2 aromatic carbocycles. The van der Waals surface area contributed by atoms with Gasteiger partial charge in [-0.3, -0.25) is 4.48 Å². The third kappa shape index (κ3) is 3.39. The fraction of sp³-hybridized carbons (Fsp3) is 0.300. The predicted molar refractivity (Wildman–Crippen MR) is 90.1 cm³/mol. The fourth-order valence-electron chi connectivity index (χ4n) is 3.52. The molecule has 0 bridgehead atoms. The van der Waals surface area contributed by atoms with Crippen LogP contribution >= 0.6 is 0 Å². The van der Waals surface area contributed by atoms with Crippen LogP contribution in [0.15, 0.2) is 66.2 Å². The van der Waals surface area contributed by atoms with E-state index < -0.39 is 6.18 Å². The third-order valence-electron chi connectivity index (χ3n) is 4.81. The summed E-state index contributed by atoms with van der Waals surface area (Å²) in [5.41, 5.74) is 1.89. The maximum absolute atomic E-state index is 13.5. The lowest BCUT2D eigenvalue weighted by atomic mass is 10.0. The molecule has 0 aromatic heterocycles. The molecule has 24 heavy (non-hydrogen) atoms. The van der Waals surface area contributed by atoms with Crippen molar-refractivity contribution in [3.05, 3.63) is 77.4 Å². The largest absolute Gasteiger partial charge is 0.418 e. The van der Waals surface area contributed by atoms with E-state index in [1.54, 1.807) is 24.3 Å². The van der Waals surface area contributed by atoms with Crippen molar-refractivity contribution in [3.8, 4) is 0 Å². The van der Waals surface area contributed by atoms with E-state index >= 15 is 0 Å². The Morgan fingerprint density at radius 1 is 0.917 bits per heavy atom. The number of nitrogens with zero attached hydrogens (tertiary/aromatic N) is 1. The molecule has 0 aliphatic carbocycles. The van der Waals surface area contributed by atoms with E-state index in [2.05, 4.69) is 0 Å². The van der Waals surface area contributed by atoms with Gasteiger partial charge in [0.1, 0.15) is 11.3 Å². The smallest absolute Gasteiger partial charge is 0.292 e. The van der Waals surface area contributed by atoms with Gasteiger partial charge in [0.15, 0.2) is 0 Å². The molecule has 1 heterocycles. The van der Waals surface area contributed by atoms with E-state index in [1.807, 2.05) is 43.4 Å². The van der Waals surface area contributed by atoms with Gasteiger partial charge < -0.3 is 0 Å². The molecule has 3 rings (SSSR count). The molecule has 1 aliphatic heterocycles. The van der Waals surface area contributed by atoms with Crippen LogP contribution in [-0.2, 0) is 6.42 Å². The summed E-state index contributed by atoms with van der Waals surface area (Å²) < 4.78 is 40.9. The molecule has 0 amide bonds. The first kappa shape index (κ1) is 16.8. The van der Waals surface area contributed by atoms with Crippen molar-refractivity contribution in [2.24, 2.45) is 0 Å². The minimum atomic E-state index is -4.27. The van der Waals surface area contributed by atoms with Gasteiger partial charge in [0.25, 0.3) is 0 Å². The lowest BCUT2D eigenvalue weighted by molar-refractivity contribution is -0.834. The normalized spacial score (nSPS) is 21.3. The quantitative estimate of drug-likeness (QED) is 0.687. The molecule has 0 fully saturated rings. The van der Waals surface area contributed by atoms with Crippen LogP contribution < -0.4 is 0 Å². The molecule has 1 nitrogen and oxygen atoms in total. The van der Waals surface area contributed by atoms with E-state index in [9.17, 15) is 13.2 Å². The van der Waals surface area contributed by atoms with Crippen LogP contribution in [0.5, 0.6) is 0 Å². The van der Waals surface area contributed by atoms with E-state index in [0.29, 0.717) is 28.8 Å². The van der Waals surface area contributed by atoms with Crippen LogP contribution in [0.3, 0.4) is 0 Å². The molecule has 4 heteroatoms. The van der Waals surface area contributed by atoms with Gasteiger partial charge in [-0.25, -0.2) is 0 Å². The minimum absolute atomic E-state index is 0.0824. The van der Waals surface area contributed by atoms with Crippen molar-refractivity contribution in [2.45, 2.75) is 19.0 Å². The second-order valence-electron chi connectivity index (χ2n) is 6.52. The third-order valence-corrected chi connectivity index (χ3v) is 4.81. The maximum atomic E-state index is 13.5. The molecule has 1 unspecified atom stereocenters. The SMILES string of the molecule is C[N+]1(CCc2ccccc2)CCC(C(F)(F)F)=C1c1ccccc1. The first-order chi connectivity index (χ1) is 11.4. The molecule has 1 atom stereocenters. The van der Waals surface area contributed by atoms with Gasteiger partial charge in [-0.2, -0.15) is 13.2 Å². The van der Waals surface area contributed by atoms with E-state index in [1.165, 1.54) is 0 Å². The van der Waals surface area contributed by atoms with Crippen LogP contribution in [0.25, 0.3) is 5.70 Å². The molecule has 0 spiro atoms. The average Bonchev–Trinajstić information content (AvgIpc) is 2.93. The Bertz CT molecular complexity index is 720. The Labute approximate surface area is 140 Å². The average molecular weight is 332 g/mol.